The highest BCUT2D eigenvalue weighted by Gasteiger charge is 2.22. The molecule has 0 saturated heterocycles. The number of fused-ring (bicyclic) bond motifs is 1. The quantitative estimate of drug-likeness (QED) is 0.455. The normalized spacial score (nSPS) is 11.7. The Balaban J connectivity index is 1.72. The summed E-state index contributed by atoms with van der Waals surface area (Å²) in [6, 6.07) is 26.8. The van der Waals surface area contributed by atoms with Gasteiger partial charge in [-0.05, 0) is 48.4 Å². The van der Waals surface area contributed by atoms with Crippen molar-refractivity contribution < 1.29 is 4.79 Å². The number of carbonyl (C=O) groups is 1. The van der Waals surface area contributed by atoms with E-state index in [4.69, 9.17) is 10.2 Å². The average Bonchev–Trinajstić information content (AvgIpc) is 3.18. The molecule has 1 aromatic heterocycles. The van der Waals surface area contributed by atoms with Crippen molar-refractivity contribution in [1.82, 2.24) is 14.9 Å². The average molecular weight is 409 g/mol. The summed E-state index contributed by atoms with van der Waals surface area (Å²) in [5.74, 6) is 0.743. The Morgan fingerprint density at radius 1 is 1.03 bits per heavy atom. The van der Waals surface area contributed by atoms with Gasteiger partial charge in [0.15, 0.2) is 0 Å². The first-order valence-electron chi connectivity index (χ1n) is 10.5. The van der Waals surface area contributed by atoms with Gasteiger partial charge in [-0.25, -0.2) is 4.98 Å². The van der Waals surface area contributed by atoms with Crippen LogP contribution in [0.25, 0.3) is 11.0 Å². The molecule has 31 heavy (non-hydrogen) atoms. The number of benzene rings is 3. The number of carbonyl (C=O) groups excluding carboxylic acids is 1. The summed E-state index contributed by atoms with van der Waals surface area (Å²) in [7, 11) is 0. The molecule has 0 unspecified atom stereocenters. The lowest BCUT2D eigenvalue weighted by molar-refractivity contribution is 0.0932. The Morgan fingerprint density at radius 2 is 1.74 bits per heavy atom. The van der Waals surface area contributed by atoms with Crippen molar-refractivity contribution in [2.45, 2.75) is 32.4 Å². The maximum Gasteiger partial charge on any atom is 0.251 e. The number of rotatable bonds is 7. The van der Waals surface area contributed by atoms with Crippen molar-refractivity contribution in [3.63, 3.8) is 0 Å². The van der Waals surface area contributed by atoms with Gasteiger partial charge in [-0.3, -0.25) is 4.79 Å². The summed E-state index contributed by atoms with van der Waals surface area (Å²) in [5, 5.41) is 12.3. The molecular formula is C26H24N4O. The lowest BCUT2D eigenvalue weighted by Gasteiger charge is -2.20. The fourth-order valence-corrected chi connectivity index (χ4v) is 3.78. The first-order chi connectivity index (χ1) is 15.2. The molecule has 1 atom stereocenters. The highest BCUT2D eigenvalue weighted by molar-refractivity contribution is 5.94. The molecule has 1 N–H and O–H groups in total. The number of imidazole rings is 1. The molecule has 1 amide bonds. The molecule has 0 aliphatic rings. The van der Waals surface area contributed by atoms with E-state index < -0.39 is 0 Å². The first-order valence-corrected chi connectivity index (χ1v) is 10.5. The Kier molecular flexibility index (Phi) is 6.09. The van der Waals surface area contributed by atoms with E-state index in [-0.39, 0.29) is 11.9 Å². The summed E-state index contributed by atoms with van der Waals surface area (Å²) in [6.07, 6.45) is 1.70. The van der Waals surface area contributed by atoms with Gasteiger partial charge in [0, 0.05) is 12.1 Å². The van der Waals surface area contributed by atoms with E-state index in [0.717, 1.165) is 35.3 Å². The molecule has 0 aliphatic heterocycles. The number of nitrogens with zero attached hydrogens (tertiary/aromatic N) is 3. The highest BCUT2D eigenvalue weighted by Crippen LogP contribution is 2.25. The summed E-state index contributed by atoms with van der Waals surface area (Å²) < 4.78 is 2.17. The molecule has 5 nitrogen and oxygen atoms in total. The Bertz CT molecular complexity index is 1220. The van der Waals surface area contributed by atoms with Crippen molar-refractivity contribution in [1.29, 1.82) is 5.26 Å². The minimum Gasteiger partial charge on any atom is -0.342 e. The zero-order valence-electron chi connectivity index (χ0n) is 17.5. The standard InChI is InChI=1S/C26H24N4O/c1-2-8-23(29-26(31)21-9-4-3-5-10-21)25-28-22-11-6-7-12-24(22)30(25)18-20-15-13-19(17-27)14-16-20/h3-7,9-16,23H,2,8,18H2,1H3,(H,29,31)/t23-/m0/s1. The van der Waals surface area contributed by atoms with Crippen LogP contribution in [0.3, 0.4) is 0 Å². The molecule has 0 saturated carbocycles. The largest absolute Gasteiger partial charge is 0.342 e. The van der Waals surface area contributed by atoms with Crippen LogP contribution >= 0.6 is 0 Å². The zero-order chi connectivity index (χ0) is 21.6. The molecule has 0 fully saturated rings. The smallest absolute Gasteiger partial charge is 0.251 e. The van der Waals surface area contributed by atoms with Gasteiger partial charge >= 0.3 is 0 Å². The van der Waals surface area contributed by atoms with Gasteiger partial charge in [-0.1, -0.05) is 55.8 Å². The predicted octanol–water partition coefficient (Wildman–Crippen LogP) is 5.23. The molecule has 0 bridgehead atoms. The fourth-order valence-electron chi connectivity index (χ4n) is 3.78. The van der Waals surface area contributed by atoms with Gasteiger partial charge < -0.3 is 9.88 Å². The molecule has 154 valence electrons. The third-order valence-electron chi connectivity index (χ3n) is 5.34. The van der Waals surface area contributed by atoms with Gasteiger partial charge in [0.25, 0.3) is 5.91 Å². The van der Waals surface area contributed by atoms with Crippen LogP contribution in [-0.4, -0.2) is 15.5 Å². The van der Waals surface area contributed by atoms with Crippen LogP contribution in [-0.2, 0) is 6.54 Å². The predicted molar refractivity (Wildman–Crippen MR) is 122 cm³/mol. The second kappa shape index (κ2) is 9.27. The van der Waals surface area contributed by atoms with Crippen molar-refractivity contribution in [3.05, 3.63) is 101 Å². The molecule has 1 heterocycles. The summed E-state index contributed by atoms with van der Waals surface area (Å²) in [4.78, 5) is 17.8. The topological polar surface area (TPSA) is 70.7 Å². The second-order valence-electron chi connectivity index (χ2n) is 7.53. The third-order valence-corrected chi connectivity index (χ3v) is 5.34. The van der Waals surface area contributed by atoms with Gasteiger partial charge in [-0.15, -0.1) is 0 Å². The lowest BCUT2D eigenvalue weighted by atomic mass is 10.1. The van der Waals surface area contributed by atoms with Crippen LogP contribution in [0.15, 0.2) is 78.9 Å². The van der Waals surface area contributed by atoms with E-state index in [9.17, 15) is 4.79 Å². The van der Waals surface area contributed by atoms with E-state index in [0.29, 0.717) is 17.7 Å². The monoisotopic (exact) mass is 408 g/mol. The van der Waals surface area contributed by atoms with Crippen LogP contribution in [0, 0.1) is 11.3 Å². The molecule has 4 rings (SSSR count). The van der Waals surface area contributed by atoms with E-state index in [1.54, 1.807) is 0 Å². The minimum atomic E-state index is -0.205. The number of aromatic nitrogens is 2. The van der Waals surface area contributed by atoms with Crippen molar-refractivity contribution in [2.75, 3.05) is 0 Å². The highest BCUT2D eigenvalue weighted by atomic mass is 16.1. The number of para-hydroxylation sites is 2. The molecule has 0 spiro atoms. The van der Waals surface area contributed by atoms with Crippen LogP contribution in [0.5, 0.6) is 0 Å². The van der Waals surface area contributed by atoms with Gasteiger partial charge in [-0.2, -0.15) is 5.26 Å². The zero-order valence-corrected chi connectivity index (χ0v) is 17.5. The van der Waals surface area contributed by atoms with Crippen LogP contribution in [0.1, 0.15) is 53.1 Å². The van der Waals surface area contributed by atoms with Crippen molar-refractivity contribution in [3.8, 4) is 6.07 Å². The molecular weight excluding hydrogens is 384 g/mol. The summed E-state index contributed by atoms with van der Waals surface area (Å²) >= 11 is 0. The summed E-state index contributed by atoms with van der Waals surface area (Å²) in [6.45, 7) is 2.72. The number of nitriles is 1. The maximum absolute atomic E-state index is 12.9. The third kappa shape index (κ3) is 4.49. The minimum absolute atomic E-state index is 0.101. The van der Waals surface area contributed by atoms with E-state index in [2.05, 4.69) is 28.9 Å². The number of hydrogen-bond acceptors (Lipinski definition) is 3. The number of hydrogen-bond donors (Lipinski definition) is 1. The van der Waals surface area contributed by atoms with E-state index >= 15 is 0 Å². The van der Waals surface area contributed by atoms with Crippen LogP contribution in [0.4, 0.5) is 0 Å². The number of nitrogens with one attached hydrogen (secondary N) is 1. The summed E-state index contributed by atoms with van der Waals surface area (Å²) in [5.41, 5.74) is 4.28. The first kappa shape index (κ1) is 20.4. The van der Waals surface area contributed by atoms with Crippen LogP contribution < -0.4 is 5.32 Å². The molecule has 4 aromatic rings. The molecule has 0 aliphatic carbocycles. The SMILES string of the molecule is CCC[C@H](NC(=O)c1ccccc1)c1nc2ccccc2n1Cc1ccc(C#N)cc1. The lowest BCUT2D eigenvalue weighted by Crippen LogP contribution is -2.30. The van der Waals surface area contributed by atoms with Crippen molar-refractivity contribution >= 4 is 16.9 Å². The fraction of sp³-hybridized carbons (Fsp3) is 0.192. The Morgan fingerprint density at radius 3 is 2.45 bits per heavy atom. The molecule has 5 heteroatoms. The Labute approximate surface area is 182 Å². The Hall–Kier alpha value is -3.91. The van der Waals surface area contributed by atoms with Gasteiger partial charge in [0.05, 0.1) is 28.7 Å². The van der Waals surface area contributed by atoms with Crippen LogP contribution in [0.2, 0.25) is 0 Å². The maximum atomic E-state index is 12.9. The second-order valence-corrected chi connectivity index (χ2v) is 7.53. The molecule has 0 radical (unpaired) electrons. The van der Waals surface area contributed by atoms with Gasteiger partial charge in [0.2, 0.25) is 0 Å². The van der Waals surface area contributed by atoms with Gasteiger partial charge in [0.1, 0.15) is 5.82 Å². The number of amides is 1. The van der Waals surface area contributed by atoms with Crippen molar-refractivity contribution in [2.24, 2.45) is 0 Å². The van der Waals surface area contributed by atoms with E-state index in [1.807, 2.05) is 72.8 Å². The molecule has 3 aromatic carbocycles. The van der Waals surface area contributed by atoms with E-state index in [1.165, 1.54) is 0 Å².